The molecule has 12 nitrogen and oxygen atoms in total. The van der Waals surface area contributed by atoms with Crippen molar-refractivity contribution in [3.05, 3.63) is 89.6 Å². The van der Waals surface area contributed by atoms with Crippen molar-refractivity contribution >= 4 is 45.0 Å². The standard InChI is InChI=1S/C35H35FN8O4/c1-20-32(21(2)48-43-20)25-15-29-24(16-30(25)47-3)33-26(18-40-29)34(44(42-33)19-22-8-7-12-38-17-22)35(46)39-13-6-4-5-9-31(45)41-28-11-10-23(36)14-27(28)37/h7-8,10-12,14-18H,4-6,9,13,19,37H2,1-3H3,(H,39,46)(H,41,45). The van der Waals surface area contributed by atoms with E-state index in [9.17, 15) is 14.0 Å². The van der Waals surface area contributed by atoms with E-state index in [2.05, 4.69) is 20.8 Å². The van der Waals surface area contributed by atoms with Gasteiger partial charge >= 0.3 is 0 Å². The molecule has 4 aromatic heterocycles. The molecule has 13 heteroatoms. The molecule has 6 rings (SSSR count). The summed E-state index contributed by atoms with van der Waals surface area (Å²) in [6, 6.07) is 11.4. The maximum absolute atomic E-state index is 13.7. The summed E-state index contributed by atoms with van der Waals surface area (Å²) in [6.07, 6.45) is 7.36. The van der Waals surface area contributed by atoms with E-state index in [4.69, 9.17) is 25.1 Å². The van der Waals surface area contributed by atoms with Gasteiger partial charge in [-0.1, -0.05) is 17.6 Å². The number of rotatable bonds is 12. The van der Waals surface area contributed by atoms with Gasteiger partial charge in [0.1, 0.15) is 28.5 Å². The summed E-state index contributed by atoms with van der Waals surface area (Å²) < 4.78 is 26.2. The highest BCUT2D eigenvalue weighted by Crippen LogP contribution is 2.39. The van der Waals surface area contributed by atoms with Gasteiger partial charge in [0.2, 0.25) is 5.91 Å². The van der Waals surface area contributed by atoms with Crippen LogP contribution < -0.4 is 21.1 Å². The molecule has 4 heterocycles. The highest BCUT2D eigenvalue weighted by Gasteiger charge is 2.23. The number of nitrogens with one attached hydrogen (secondary N) is 2. The fraction of sp³-hybridized carbons (Fsp3) is 0.257. The van der Waals surface area contributed by atoms with E-state index in [0.29, 0.717) is 71.7 Å². The summed E-state index contributed by atoms with van der Waals surface area (Å²) in [4.78, 5) is 35.0. The third kappa shape index (κ3) is 6.66. The molecule has 0 aliphatic heterocycles. The second-order valence-corrected chi connectivity index (χ2v) is 11.5. The van der Waals surface area contributed by atoms with Gasteiger partial charge in [0.05, 0.1) is 47.2 Å². The largest absolute Gasteiger partial charge is 0.496 e. The number of aryl methyl sites for hydroxylation is 2. The first-order valence-corrected chi connectivity index (χ1v) is 15.6. The zero-order chi connectivity index (χ0) is 33.8. The molecule has 0 atom stereocenters. The number of aromatic nitrogens is 5. The number of anilines is 2. The minimum absolute atomic E-state index is 0.172. The number of amides is 2. The first kappa shape index (κ1) is 32.1. The summed E-state index contributed by atoms with van der Waals surface area (Å²) in [5.74, 6) is 0.316. The first-order valence-electron chi connectivity index (χ1n) is 15.6. The summed E-state index contributed by atoms with van der Waals surface area (Å²) in [6.45, 7) is 4.46. The summed E-state index contributed by atoms with van der Waals surface area (Å²) >= 11 is 0. The Morgan fingerprint density at radius 2 is 1.92 bits per heavy atom. The second-order valence-electron chi connectivity index (χ2n) is 11.5. The lowest BCUT2D eigenvalue weighted by Gasteiger charge is -2.10. The normalized spacial score (nSPS) is 11.2. The highest BCUT2D eigenvalue weighted by atomic mass is 19.1. The number of benzene rings is 2. The third-order valence-electron chi connectivity index (χ3n) is 8.12. The molecule has 48 heavy (non-hydrogen) atoms. The zero-order valence-corrected chi connectivity index (χ0v) is 26.8. The number of hydrogen-bond donors (Lipinski definition) is 3. The van der Waals surface area contributed by atoms with Crippen molar-refractivity contribution in [1.29, 1.82) is 0 Å². The van der Waals surface area contributed by atoms with Gasteiger partial charge in [-0.15, -0.1) is 0 Å². The van der Waals surface area contributed by atoms with Crippen LogP contribution in [-0.4, -0.2) is 50.4 Å². The van der Waals surface area contributed by atoms with Gasteiger partial charge in [0.25, 0.3) is 5.91 Å². The van der Waals surface area contributed by atoms with Crippen molar-refractivity contribution in [2.75, 3.05) is 24.7 Å². The summed E-state index contributed by atoms with van der Waals surface area (Å²) in [7, 11) is 1.60. The van der Waals surface area contributed by atoms with Gasteiger partial charge < -0.3 is 25.6 Å². The van der Waals surface area contributed by atoms with Gasteiger partial charge in [0.15, 0.2) is 0 Å². The second kappa shape index (κ2) is 13.9. The van der Waals surface area contributed by atoms with E-state index in [1.54, 1.807) is 30.4 Å². The number of methoxy groups -OCH3 is 1. The predicted octanol–water partition coefficient (Wildman–Crippen LogP) is 5.96. The van der Waals surface area contributed by atoms with Gasteiger partial charge in [-0.05, 0) is 68.7 Å². The van der Waals surface area contributed by atoms with Crippen LogP contribution in [0.4, 0.5) is 15.8 Å². The fourth-order valence-electron chi connectivity index (χ4n) is 5.78. The molecular formula is C35H35FN8O4. The fourth-order valence-corrected chi connectivity index (χ4v) is 5.78. The molecule has 0 radical (unpaired) electrons. The Hall–Kier alpha value is -5.85. The predicted molar refractivity (Wildman–Crippen MR) is 180 cm³/mol. The van der Waals surface area contributed by atoms with Crippen molar-refractivity contribution in [3.63, 3.8) is 0 Å². The number of nitrogens with zero attached hydrogens (tertiary/aromatic N) is 5. The number of halogens is 1. The van der Waals surface area contributed by atoms with Crippen LogP contribution in [0.2, 0.25) is 0 Å². The highest BCUT2D eigenvalue weighted by molar-refractivity contribution is 6.13. The van der Waals surface area contributed by atoms with Gasteiger partial charge in [-0.25, -0.2) is 4.39 Å². The van der Waals surface area contributed by atoms with Crippen molar-refractivity contribution in [1.82, 2.24) is 30.2 Å². The van der Waals surface area contributed by atoms with Crippen LogP contribution in [0.3, 0.4) is 0 Å². The Morgan fingerprint density at radius 1 is 1.06 bits per heavy atom. The number of fused-ring (bicyclic) bond motifs is 3. The minimum atomic E-state index is -0.464. The Labute approximate surface area is 275 Å². The topological polar surface area (TPSA) is 163 Å². The maximum Gasteiger partial charge on any atom is 0.270 e. The van der Waals surface area contributed by atoms with Crippen molar-refractivity contribution in [3.8, 4) is 16.9 Å². The van der Waals surface area contributed by atoms with E-state index in [1.165, 1.54) is 12.1 Å². The quantitative estimate of drug-likeness (QED) is 0.107. The monoisotopic (exact) mass is 650 g/mol. The third-order valence-corrected chi connectivity index (χ3v) is 8.12. The Balaban J connectivity index is 1.20. The number of ether oxygens (including phenoxy) is 1. The average Bonchev–Trinajstić information content (AvgIpc) is 3.61. The van der Waals surface area contributed by atoms with Gasteiger partial charge in [0, 0.05) is 42.5 Å². The smallest absolute Gasteiger partial charge is 0.270 e. The number of nitrogens with two attached hydrogens (primary N) is 1. The Morgan fingerprint density at radius 3 is 2.65 bits per heavy atom. The Kier molecular flexibility index (Phi) is 9.28. The molecular weight excluding hydrogens is 615 g/mol. The average molecular weight is 651 g/mol. The van der Waals surface area contributed by atoms with Crippen molar-refractivity contribution < 1.29 is 23.2 Å². The van der Waals surface area contributed by atoms with Crippen LogP contribution in [0.1, 0.15) is 53.2 Å². The lowest BCUT2D eigenvalue weighted by molar-refractivity contribution is -0.116. The Bertz CT molecular complexity index is 2110. The first-order chi connectivity index (χ1) is 23.2. The van der Waals surface area contributed by atoms with E-state index >= 15 is 0 Å². The maximum atomic E-state index is 13.7. The molecule has 4 N–H and O–H groups in total. The molecule has 0 aliphatic carbocycles. The minimum Gasteiger partial charge on any atom is -0.496 e. The van der Waals surface area contributed by atoms with Gasteiger partial charge in [-0.2, -0.15) is 5.10 Å². The number of hydrogen-bond acceptors (Lipinski definition) is 9. The van der Waals surface area contributed by atoms with Crippen LogP contribution in [0.15, 0.2) is 65.6 Å². The van der Waals surface area contributed by atoms with Crippen LogP contribution in [0.5, 0.6) is 5.75 Å². The van der Waals surface area contributed by atoms with Crippen LogP contribution in [-0.2, 0) is 11.3 Å². The number of pyridine rings is 2. The molecule has 0 saturated heterocycles. The zero-order valence-electron chi connectivity index (χ0n) is 26.8. The molecule has 0 saturated carbocycles. The van der Waals surface area contributed by atoms with Crippen LogP contribution >= 0.6 is 0 Å². The van der Waals surface area contributed by atoms with Crippen molar-refractivity contribution in [2.24, 2.45) is 0 Å². The summed E-state index contributed by atoms with van der Waals surface area (Å²) in [5.41, 5.74) is 11.3. The number of carbonyl (C=O) groups excluding carboxylic acids is 2. The van der Waals surface area contributed by atoms with Crippen LogP contribution in [0.25, 0.3) is 32.9 Å². The molecule has 0 spiro atoms. The number of nitrogen functional groups attached to an aromatic ring is 1. The molecule has 2 aromatic carbocycles. The molecule has 2 amide bonds. The van der Waals surface area contributed by atoms with Gasteiger partial charge in [-0.3, -0.25) is 24.2 Å². The number of unbranched alkanes of at least 4 members (excludes halogenated alkanes) is 2. The molecule has 0 aliphatic rings. The lowest BCUT2D eigenvalue weighted by atomic mass is 10.00. The summed E-state index contributed by atoms with van der Waals surface area (Å²) in [5, 5.41) is 16.1. The molecule has 0 unspecified atom stereocenters. The lowest BCUT2D eigenvalue weighted by Crippen LogP contribution is -2.27. The molecule has 0 bridgehead atoms. The number of carbonyl (C=O) groups is 2. The van der Waals surface area contributed by atoms with E-state index in [1.807, 2.05) is 38.1 Å². The van der Waals surface area contributed by atoms with Crippen molar-refractivity contribution in [2.45, 2.75) is 46.1 Å². The molecule has 246 valence electrons. The molecule has 0 fully saturated rings. The molecule has 6 aromatic rings. The van der Waals surface area contributed by atoms with Crippen LogP contribution in [0, 0.1) is 19.7 Å². The van der Waals surface area contributed by atoms with E-state index in [0.717, 1.165) is 33.8 Å². The van der Waals surface area contributed by atoms with E-state index < -0.39 is 5.82 Å². The van der Waals surface area contributed by atoms with E-state index in [-0.39, 0.29) is 23.9 Å². The SMILES string of the molecule is COc1cc2c(cc1-c1c(C)noc1C)ncc1c(C(=O)NCCCCCC(=O)Nc3ccc(F)cc3N)n(Cc3cccnc3)nc12.